The Hall–Kier alpha value is -3.82. The molecule has 160 valence electrons. The molecule has 0 spiro atoms. The predicted octanol–water partition coefficient (Wildman–Crippen LogP) is 1.47. The molecule has 0 atom stereocenters. The Bertz CT molecular complexity index is 1300. The Morgan fingerprint density at radius 2 is 2.10 bits per heavy atom. The van der Waals surface area contributed by atoms with Crippen molar-refractivity contribution in [2.75, 3.05) is 17.3 Å². The van der Waals surface area contributed by atoms with E-state index in [4.69, 9.17) is 10.4 Å². The topological polar surface area (TPSA) is 115 Å². The summed E-state index contributed by atoms with van der Waals surface area (Å²) in [5.74, 6) is -1.54. The molecule has 1 heterocycles. The van der Waals surface area contributed by atoms with Crippen LogP contribution in [-0.4, -0.2) is 28.6 Å². The molecule has 0 aliphatic heterocycles. The Balaban J connectivity index is 2.46. The second-order valence-corrected chi connectivity index (χ2v) is 7.74. The van der Waals surface area contributed by atoms with Crippen molar-refractivity contribution >= 4 is 46.1 Å². The molecule has 2 rings (SSSR count). The monoisotopic (exact) mass is 438 g/mol. The van der Waals surface area contributed by atoms with Gasteiger partial charge >= 0.3 is 5.97 Å². The fraction of sp³-hybridized carbons (Fsp3) is 0.273. The van der Waals surface area contributed by atoms with Crippen LogP contribution in [-0.2, 0) is 16.1 Å². The van der Waals surface area contributed by atoms with Crippen molar-refractivity contribution < 1.29 is 14.7 Å². The fourth-order valence-electron chi connectivity index (χ4n) is 2.62. The number of carbonyl (C=O) groups excluding carboxylic acids is 1. The highest BCUT2D eigenvalue weighted by molar-refractivity contribution is 7.07. The molecular formula is C22H22N4O4S. The van der Waals surface area contributed by atoms with Crippen molar-refractivity contribution in [1.29, 1.82) is 5.26 Å². The van der Waals surface area contributed by atoms with Gasteiger partial charge in [0.25, 0.3) is 5.56 Å². The number of thiazole rings is 1. The first kappa shape index (κ1) is 23.5. The number of nitrogens with zero attached hydrogens (tertiary/aromatic N) is 3. The van der Waals surface area contributed by atoms with Crippen molar-refractivity contribution in [3.05, 3.63) is 55.6 Å². The first-order valence-corrected chi connectivity index (χ1v) is 10.2. The van der Waals surface area contributed by atoms with Crippen LogP contribution < -0.4 is 25.0 Å². The molecule has 1 aromatic carbocycles. The first-order chi connectivity index (χ1) is 14.7. The Morgan fingerprint density at radius 1 is 1.39 bits per heavy atom. The summed E-state index contributed by atoms with van der Waals surface area (Å²) in [4.78, 5) is 37.3. The highest BCUT2D eigenvalue weighted by Gasteiger charge is 2.14. The number of amides is 1. The Morgan fingerprint density at radius 3 is 2.68 bits per heavy atom. The number of carboxylic acids is 1. The summed E-state index contributed by atoms with van der Waals surface area (Å²) in [7, 11) is 1.71. The summed E-state index contributed by atoms with van der Waals surface area (Å²) in [5.41, 5.74) is 5.83. The number of carbonyl (C=O) groups is 2. The third-order valence-electron chi connectivity index (χ3n) is 4.26. The molecular weight excluding hydrogens is 416 g/mol. The number of aromatic nitrogens is 1. The van der Waals surface area contributed by atoms with Crippen LogP contribution in [0, 0.1) is 17.2 Å². The van der Waals surface area contributed by atoms with Crippen LogP contribution in [0.15, 0.2) is 40.8 Å². The summed E-state index contributed by atoms with van der Waals surface area (Å²) in [5, 5.41) is 20.9. The van der Waals surface area contributed by atoms with E-state index in [9.17, 15) is 14.4 Å². The number of hydrogen-bond acceptors (Lipinski definition) is 6. The van der Waals surface area contributed by atoms with Crippen LogP contribution in [0.25, 0.3) is 11.5 Å². The lowest BCUT2D eigenvalue weighted by molar-refractivity contribution is -0.132. The minimum Gasteiger partial charge on any atom is -0.477 e. The van der Waals surface area contributed by atoms with E-state index in [0.29, 0.717) is 12.2 Å². The van der Waals surface area contributed by atoms with Gasteiger partial charge in [-0.1, -0.05) is 42.7 Å². The predicted molar refractivity (Wildman–Crippen MR) is 120 cm³/mol. The van der Waals surface area contributed by atoms with Gasteiger partial charge in [0.05, 0.1) is 0 Å². The van der Waals surface area contributed by atoms with Crippen LogP contribution >= 0.6 is 11.3 Å². The zero-order valence-electron chi connectivity index (χ0n) is 17.6. The van der Waals surface area contributed by atoms with Gasteiger partial charge in [-0.25, -0.2) is 4.79 Å². The van der Waals surface area contributed by atoms with Crippen molar-refractivity contribution in [2.24, 2.45) is 5.92 Å². The third-order valence-corrected chi connectivity index (χ3v) is 5.27. The summed E-state index contributed by atoms with van der Waals surface area (Å²) < 4.78 is 1.80. The van der Waals surface area contributed by atoms with Crippen molar-refractivity contribution in [3.63, 3.8) is 0 Å². The molecule has 0 saturated carbocycles. The summed E-state index contributed by atoms with van der Waals surface area (Å²) in [6.45, 7) is 5.70. The maximum absolute atomic E-state index is 12.5. The summed E-state index contributed by atoms with van der Waals surface area (Å²) in [6, 6.07) is 8.78. The van der Waals surface area contributed by atoms with E-state index in [1.165, 1.54) is 10.8 Å². The Labute approximate surface area is 183 Å². The number of rotatable bonds is 6. The molecule has 8 nitrogen and oxygen atoms in total. The summed E-state index contributed by atoms with van der Waals surface area (Å²) >= 11 is 0.991. The van der Waals surface area contributed by atoms with E-state index in [-0.39, 0.29) is 26.6 Å². The van der Waals surface area contributed by atoms with Gasteiger partial charge in [0.15, 0.2) is 5.57 Å². The van der Waals surface area contributed by atoms with Crippen LogP contribution in [0.3, 0.4) is 0 Å². The van der Waals surface area contributed by atoms with Gasteiger partial charge in [0.2, 0.25) is 5.91 Å². The molecule has 0 aliphatic carbocycles. The maximum atomic E-state index is 12.5. The average Bonchev–Trinajstić information content (AvgIpc) is 3.04. The standard InChI is InChI=1S/C22H22N4O4S/c1-5-26-19(11-15(13-23)22(29)30)31-18(21(26)28)9-10-24-16-7-6-8-17(12-16)25(4)20(27)14(2)3/h6-8,10,12,14,24H,5H2,1-4H3,(H,29,30). The average molecular weight is 439 g/mol. The smallest absolute Gasteiger partial charge is 0.354 e. The molecule has 0 aliphatic rings. The molecule has 0 saturated heterocycles. The molecule has 1 aromatic heterocycles. The van der Waals surface area contributed by atoms with Gasteiger partial charge in [-0.15, -0.1) is 0 Å². The summed E-state index contributed by atoms with van der Waals surface area (Å²) in [6.07, 6.45) is 1.46. The molecule has 2 aromatic rings. The SMILES string of the molecule is CCn1c(=C=C(C#N)C(=O)O)sc(=C=CNc2cccc(N(C)C(=O)C(C)C)c2)c1=O. The molecule has 0 radical (unpaired) electrons. The fourth-order valence-corrected chi connectivity index (χ4v) is 3.61. The number of anilines is 2. The van der Waals surface area contributed by atoms with E-state index >= 15 is 0 Å². The lowest BCUT2D eigenvalue weighted by Gasteiger charge is -2.20. The van der Waals surface area contributed by atoms with Gasteiger partial charge in [0, 0.05) is 37.1 Å². The van der Waals surface area contributed by atoms with Gasteiger partial charge in [-0.2, -0.15) is 5.26 Å². The lowest BCUT2D eigenvalue weighted by atomic mass is 10.1. The van der Waals surface area contributed by atoms with Gasteiger partial charge < -0.3 is 15.3 Å². The van der Waals surface area contributed by atoms with E-state index in [2.05, 4.69) is 16.8 Å². The number of hydrogen-bond donors (Lipinski definition) is 2. The second kappa shape index (κ2) is 10.3. The van der Waals surface area contributed by atoms with Crippen LogP contribution in [0.5, 0.6) is 0 Å². The van der Waals surface area contributed by atoms with E-state index in [0.717, 1.165) is 17.0 Å². The number of benzene rings is 1. The number of nitrogens with one attached hydrogen (secondary N) is 1. The number of aliphatic carboxylic acids is 1. The molecule has 9 heteroatoms. The first-order valence-electron chi connectivity index (χ1n) is 9.42. The zero-order valence-corrected chi connectivity index (χ0v) is 18.4. The highest BCUT2D eigenvalue weighted by Crippen LogP contribution is 2.19. The molecule has 31 heavy (non-hydrogen) atoms. The molecule has 0 bridgehead atoms. The second-order valence-electron chi connectivity index (χ2n) is 6.74. The molecule has 0 unspecified atom stereocenters. The molecule has 0 fully saturated rings. The van der Waals surface area contributed by atoms with E-state index in [1.54, 1.807) is 37.1 Å². The van der Waals surface area contributed by atoms with Crippen molar-refractivity contribution in [3.8, 4) is 6.07 Å². The normalized spacial score (nSPS) is 9.94. The third kappa shape index (κ3) is 5.62. The van der Waals surface area contributed by atoms with Crippen molar-refractivity contribution in [1.82, 2.24) is 4.57 Å². The van der Waals surface area contributed by atoms with E-state index < -0.39 is 11.5 Å². The van der Waals surface area contributed by atoms with Crippen LogP contribution in [0.2, 0.25) is 0 Å². The Kier molecular flexibility index (Phi) is 7.78. The van der Waals surface area contributed by atoms with Gasteiger partial charge in [-0.3, -0.25) is 14.2 Å². The van der Waals surface area contributed by atoms with Gasteiger partial charge in [-0.05, 0) is 25.1 Å². The minimum absolute atomic E-state index is 0.00658. The van der Waals surface area contributed by atoms with Gasteiger partial charge in [0.1, 0.15) is 15.3 Å². The van der Waals surface area contributed by atoms with Crippen LogP contribution in [0.1, 0.15) is 20.8 Å². The number of nitriles is 1. The highest BCUT2D eigenvalue weighted by atomic mass is 32.1. The van der Waals surface area contributed by atoms with E-state index in [1.807, 2.05) is 26.0 Å². The minimum atomic E-state index is -1.41. The quantitative estimate of drug-likeness (QED) is 0.521. The maximum Gasteiger partial charge on any atom is 0.354 e. The lowest BCUT2D eigenvalue weighted by Crippen LogP contribution is -2.30. The van der Waals surface area contributed by atoms with Crippen LogP contribution in [0.4, 0.5) is 11.4 Å². The number of carboxylic acid groups (broad SMARTS) is 1. The largest absolute Gasteiger partial charge is 0.477 e. The zero-order chi connectivity index (χ0) is 23.1. The van der Waals surface area contributed by atoms with Crippen molar-refractivity contribution in [2.45, 2.75) is 27.3 Å². The molecule has 1 amide bonds. The molecule has 2 N–H and O–H groups in total.